The van der Waals surface area contributed by atoms with Crippen molar-refractivity contribution in [2.24, 2.45) is 4.99 Å². The van der Waals surface area contributed by atoms with E-state index in [4.69, 9.17) is 4.74 Å². The number of nitro groups is 1. The molecule has 122 valence electrons. The third-order valence-corrected chi connectivity index (χ3v) is 4.69. The molecule has 1 aromatic heterocycles. The molecule has 1 atom stereocenters. The monoisotopic (exact) mass is 340 g/mol. The van der Waals surface area contributed by atoms with Crippen molar-refractivity contribution in [2.45, 2.75) is 18.9 Å². The Balaban J connectivity index is 2.21. The van der Waals surface area contributed by atoms with Crippen LogP contribution in [0.15, 0.2) is 70.7 Å². The third kappa shape index (κ3) is 3.00. The second kappa shape index (κ2) is 6.80. The van der Waals surface area contributed by atoms with Gasteiger partial charge in [0.1, 0.15) is 16.2 Å². The largest absolute Gasteiger partial charge is 0.451 e. The van der Waals surface area contributed by atoms with Gasteiger partial charge in [-0.1, -0.05) is 31.2 Å². The van der Waals surface area contributed by atoms with Crippen molar-refractivity contribution in [2.75, 3.05) is 0 Å². The van der Waals surface area contributed by atoms with Crippen molar-refractivity contribution in [1.29, 1.82) is 0 Å². The van der Waals surface area contributed by atoms with Crippen LogP contribution >= 0.6 is 11.3 Å². The lowest BCUT2D eigenvalue weighted by Crippen LogP contribution is -2.30. The summed E-state index contributed by atoms with van der Waals surface area (Å²) in [5.41, 5.74) is -0.901. The standard InChI is InChI=1S/C18H16N2O3S/c1-2-18(11-7-12-19-18)17(23-14-8-4-3-5-9-14)16(20(21)22)15-10-6-13-24-15/h3-13H,2H2,1H3. The zero-order chi connectivity index (χ0) is 17.0. The minimum Gasteiger partial charge on any atom is -0.451 e. The van der Waals surface area contributed by atoms with E-state index in [1.807, 2.05) is 36.6 Å². The first kappa shape index (κ1) is 16.1. The van der Waals surface area contributed by atoms with Crippen molar-refractivity contribution in [3.8, 4) is 5.75 Å². The molecule has 1 aliphatic heterocycles. The number of thiophene rings is 1. The third-order valence-electron chi connectivity index (χ3n) is 3.81. The van der Waals surface area contributed by atoms with Gasteiger partial charge in [0.05, 0.1) is 4.92 Å². The second-order valence-corrected chi connectivity index (χ2v) is 6.19. The van der Waals surface area contributed by atoms with Crippen molar-refractivity contribution in [3.05, 3.63) is 80.7 Å². The highest BCUT2D eigenvalue weighted by Crippen LogP contribution is 2.38. The predicted octanol–water partition coefficient (Wildman–Crippen LogP) is 4.56. The molecule has 0 saturated carbocycles. The van der Waals surface area contributed by atoms with Gasteiger partial charge in [-0.15, -0.1) is 11.3 Å². The van der Waals surface area contributed by atoms with E-state index in [9.17, 15) is 10.1 Å². The van der Waals surface area contributed by atoms with Gasteiger partial charge < -0.3 is 4.74 Å². The SMILES string of the molecule is CCC1(C(Oc2ccccc2)=C(c2cccs2)[N+](=O)[O-])C=CC=N1. The number of benzene rings is 1. The van der Waals surface area contributed by atoms with Gasteiger partial charge in [-0.2, -0.15) is 0 Å². The summed E-state index contributed by atoms with van der Waals surface area (Å²) >= 11 is 1.31. The van der Waals surface area contributed by atoms with E-state index < -0.39 is 5.54 Å². The van der Waals surface area contributed by atoms with Gasteiger partial charge in [0.2, 0.25) is 5.76 Å². The molecule has 6 heteroatoms. The predicted molar refractivity (Wildman–Crippen MR) is 96.0 cm³/mol. The smallest absolute Gasteiger partial charge is 0.327 e. The van der Waals surface area contributed by atoms with Crippen molar-refractivity contribution in [3.63, 3.8) is 0 Å². The molecule has 5 nitrogen and oxygen atoms in total. The Kier molecular flexibility index (Phi) is 4.57. The molecule has 0 amide bonds. The van der Waals surface area contributed by atoms with E-state index in [-0.39, 0.29) is 16.4 Å². The van der Waals surface area contributed by atoms with Gasteiger partial charge in [0, 0.05) is 6.21 Å². The van der Waals surface area contributed by atoms with Crippen LogP contribution in [0.25, 0.3) is 5.70 Å². The molecule has 1 unspecified atom stereocenters. The lowest BCUT2D eigenvalue weighted by molar-refractivity contribution is -0.377. The molecule has 0 aliphatic carbocycles. The molecule has 0 N–H and O–H groups in total. The Morgan fingerprint density at radius 1 is 1.29 bits per heavy atom. The molecule has 24 heavy (non-hydrogen) atoms. The Morgan fingerprint density at radius 2 is 2.08 bits per heavy atom. The van der Waals surface area contributed by atoms with Crippen molar-refractivity contribution >= 4 is 23.2 Å². The van der Waals surface area contributed by atoms with Crippen LogP contribution in [0.4, 0.5) is 0 Å². The number of ether oxygens (including phenoxy) is 1. The molecule has 1 aliphatic rings. The Hall–Kier alpha value is -2.73. The molecule has 0 spiro atoms. The Morgan fingerprint density at radius 3 is 2.62 bits per heavy atom. The van der Waals surface area contributed by atoms with E-state index >= 15 is 0 Å². The average Bonchev–Trinajstić information content (AvgIpc) is 3.27. The quantitative estimate of drug-likeness (QED) is 0.440. The molecule has 1 aromatic carbocycles. The summed E-state index contributed by atoms with van der Waals surface area (Å²) in [5, 5.41) is 13.7. The van der Waals surface area contributed by atoms with Crippen LogP contribution in [-0.4, -0.2) is 16.7 Å². The van der Waals surface area contributed by atoms with Gasteiger partial charge in [-0.25, -0.2) is 0 Å². The summed E-state index contributed by atoms with van der Waals surface area (Å²) in [7, 11) is 0. The summed E-state index contributed by atoms with van der Waals surface area (Å²) in [6, 6.07) is 12.6. The lowest BCUT2D eigenvalue weighted by Gasteiger charge is -2.25. The van der Waals surface area contributed by atoms with Gasteiger partial charge in [0.15, 0.2) is 0 Å². The average molecular weight is 340 g/mol. The molecular formula is C18H16N2O3S. The lowest BCUT2D eigenvalue weighted by atomic mass is 9.93. The highest BCUT2D eigenvalue weighted by atomic mass is 32.1. The summed E-state index contributed by atoms with van der Waals surface area (Å²) < 4.78 is 6.02. The van der Waals surface area contributed by atoms with Crippen molar-refractivity contribution in [1.82, 2.24) is 0 Å². The summed E-state index contributed by atoms with van der Waals surface area (Å²) in [5.74, 6) is 0.792. The highest BCUT2D eigenvalue weighted by molar-refractivity contribution is 7.11. The van der Waals surface area contributed by atoms with E-state index in [2.05, 4.69) is 4.99 Å². The number of rotatable bonds is 6. The van der Waals surface area contributed by atoms with Crippen LogP contribution in [0.3, 0.4) is 0 Å². The van der Waals surface area contributed by atoms with E-state index in [1.165, 1.54) is 11.3 Å². The number of para-hydroxylation sites is 1. The first-order valence-electron chi connectivity index (χ1n) is 7.55. The number of nitrogens with zero attached hydrogens (tertiary/aromatic N) is 2. The van der Waals surface area contributed by atoms with Crippen LogP contribution in [0.2, 0.25) is 0 Å². The minimum atomic E-state index is -0.859. The fourth-order valence-electron chi connectivity index (χ4n) is 2.57. The number of hydrogen-bond acceptors (Lipinski definition) is 5. The second-order valence-electron chi connectivity index (χ2n) is 5.24. The maximum absolute atomic E-state index is 11.8. The summed E-state index contributed by atoms with van der Waals surface area (Å²) in [6.07, 6.45) is 5.86. The maximum Gasteiger partial charge on any atom is 0.327 e. The highest BCUT2D eigenvalue weighted by Gasteiger charge is 2.41. The Labute approximate surface area is 143 Å². The van der Waals surface area contributed by atoms with Gasteiger partial charge in [0.25, 0.3) is 0 Å². The molecule has 0 fully saturated rings. The van der Waals surface area contributed by atoms with E-state index in [0.717, 1.165) is 0 Å². The van der Waals surface area contributed by atoms with Crippen LogP contribution in [0.1, 0.15) is 18.2 Å². The summed E-state index contributed by atoms with van der Waals surface area (Å²) in [6.45, 7) is 1.94. The molecule has 2 heterocycles. The molecule has 0 radical (unpaired) electrons. The molecule has 2 aromatic rings. The number of hydrogen-bond donors (Lipinski definition) is 0. The van der Waals surface area contributed by atoms with E-state index in [0.29, 0.717) is 17.0 Å². The fourth-order valence-corrected chi connectivity index (χ4v) is 3.31. The van der Waals surface area contributed by atoms with E-state index in [1.54, 1.807) is 36.6 Å². The van der Waals surface area contributed by atoms with Crippen LogP contribution in [0, 0.1) is 10.1 Å². The minimum absolute atomic E-state index is 0.0422. The van der Waals surface area contributed by atoms with Gasteiger partial charge in [-0.3, -0.25) is 15.1 Å². The van der Waals surface area contributed by atoms with Crippen LogP contribution in [0.5, 0.6) is 5.75 Å². The first-order chi connectivity index (χ1) is 11.7. The van der Waals surface area contributed by atoms with Crippen LogP contribution < -0.4 is 4.74 Å². The normalized spacial score (nSPS) is 20.0. The van der Waals surface area contributed by atoms with Gasteiger partial charge in [-0.05, 0) is 42.2 Å². The maximum atomic E-state index is 11.8. The van der Waals surface area contributed by atoms with Crippen molar-refractivity contribution < 1.29 is 9.66 Å². The molecule has 3 rings (SSSR count). The first-order valence-corrected chi connectivity index (χ1v) is 8.43. The summed E-state index contributed by atoms with van der Waals surface area (Å²) in [4.78, 5) is 16.5. The van der Waals surface area contributed by atoms with Gasteiger partial charge >= 0.3 is 5.70 Å². The zero-order valence-electron chi connectivity index (χ0n) is 13.1. The molecular weight excluding hydrogens is 324 g/mol. The topological polar surface area (TPSA) is 64.7 Å². The molecule has 0 bridgehead atoms. The number of allylic oxidation sites excluding steroid dienone is 1. The number of aliphatic imine (C=N–C) groups is 1. The Bertz CT molecular complexity index is 796. The molecule has 0 saturated heterocycles. The fraction of sp³-hybridized carbons (Fsp3) is 0.167. The zero-order valence-corrected chi connectivity index (χ0v) is 13.9. The van der Waals surface area contributed by atoms with Crippen LogP contribution in [-0.2, 0) is 0 Å².